The summed E-state index contributed by atoms with van der Waals surface area (Å²) in [5, 5.41) is 21.0. The van der Waals surface area contributed by atoms with E-state index in [2.05, 4.69) is 20.8 Å². The van der Waals surface area contributed by atoms with Crippen LogP contribution in [0, 0.1) is 28.6 Å². The Bertz CT molecular complexity index is 347. The van der Waals surface area contributed by atoms with Crippen molar-refractivity contribution in [3.63, 3.8) is 0 Å². The van der Waals surface area contributed by atoms with Crippen LogP contribution >= 0.6 is 0 Å². The summed E-state index contributed by atoms with van der Waals surface area (Å²) in [6.07, 6.45) is 3.98. The molecule has 1 spiro atoms. The van der Waals surface area contributed by atoms with Crippen LogP contribution in [0.4, 0.5) is 0 Å². The van der Waals surface area contributed by atoms with Crippen molar-refractivity contribution in [2.45, 2.75) is 65.1 Å². The Morgan fingerprint density at radius 3 is 2.29 bits per heavy atom. The highest BCUT2D eigenvalue weighted by Crippen LogP contribution is 2.73. The van der Waals surface area contributed by atoms with Gasteiger partial charge in [0.2, 0.25) is 0 Å². The van der Waals surface area contributed by atoms with Crippen molar-refractivity contribution in [1.29, 1.82) is 0 Å². The second kappa shape index (κ2) is 3.08. The van der Waals surface area contributed by atoms with E-state index in [4.69, 9.17) is 0 Å². The number of aliphatic hydroxyl groups is 2. The van der Waals surface area contributed by atoms with Gasteiger partial charge in [0.05, 0.1) is 11.7 Å². The first-order valence-electron chi connectivity index (χ1n) is 7.13. The molecule has 0 radical (unpaired) electrons. The van der Waals surface area contributed by atoms with Crippen molar-refractivity contribution < 1.29 is 10.2 Å². The molecule has 3 aliphatic carbocycles. The smallest absolute Gasteiger partial charge is 0.0911 e. The van der Waals surface area contributed by atoms with Crippen molar-refractivity contribution in [2.24, 2.45) is 28.6 Å². The maximum atomic E-state index is 10.7. The first-order chi connectivity index (χ1) is 7.73. The Balaban J connectivity index is 2.10. The fraction of sp³-hybridized carbons (Fsp3) is 1.00. The largest absolute Gasteiger partial charge is 0.390 e. The molecule has 2 heteroatoms. The summed E-state index contributed by atoms with van der Waals surface area (Å²) in [4.78, 5) is 0. The minimum atomic E-state index is -0.890. The van der Waals surface area contributed by atoms with Crippen LogP contribution in [0.25, 0.3) is 0 Å². The van der Waals surface area contributed by atoms with Gasteiger partial charge in [0.25, 0.3) is 0 Å². The molecular weight excluding hydrogens is 212 g/mol. The van der Waals surface area contributed by atoms with Crippen molar-refractivity contribution in [3.05, 3.63) is 0 Å². The molecule has 0 heterocycles. The number of aliphatic hydroxyl groups excluding tert-OH is 1. The Hall–Kier alpha value is -0.0800. The number of fused-ring (bicyclic) bond motifs is 1. The third-order valence-corrected chi connectivity index (χ3v) is 6.90. The van der Waals surface area contributed by atoms with Gasteiger partial charge in [0.15, 0.2) is 0 Å². The van der Waals surface area contributed by atoms with Gasteiger partial charge in [-0.25, -0.2) is 0 Å². The first kappa shape index (κ1) is 12.0. The van der Waals surface area contributed by atoms with E-state index in [1.54, 1.807) is 0 Å². The molecular formula is C15H26O2. The lowest BCUT2D eigenvalue weighted by molar-refractivity contribution is -0.153. The molecule has 3 aliphatic rings. The lowest BCUT2D eigenvalue weighted by atomic mass is 9.63. The van der Waals surface area contributed by atoms with Crippen molar-refractivity contribution in [3.8, 4) is 0 Å². The molecule has 0 aliphatic heterocycles. The molecule has 0 amide bonds. The Labute approximate surface area is 104 Å². The van der Waals surface area contributed by atoms with Crippen molar-refractivity contribution in [2.75, 3.05) is 0 Å². The molecule has 2 nitrogen and oxygen atoms in total. The highest BCUT2D eigenvalue weighted by Gasteiger charge is 2.70. The number of rotatable bonds is 0. The van der Waals surface area contributed by atoms with Crippen molar-refractivity contribution >= 4 is 0 Å². The molecule has 0 aromatic heterocycles. The van der Waals surface area contributed by atoms with Gasteiger partial charge in [-0.1, -0.05) is 20.8 Å². The van der Waals surface area contributed by atoms with Gasteiger partial charge < -0.3 is 10.2 Å². The van der Waals surface area contributed by atoms with Gasteiger partial charge in [-0.15, -0.1) is 0 Å². The average Bonchev–Trinajstić information content (AvgIpc) is 2.61. The fourth-order valence-electron chi connectivity index (χ4n) is 5.86. The molecule has 2 unspecified atom stereocenters. The Morgan fingerprint density at radius 1 is 1.00 bits per heavy atom. The maximum absolute atomic E-state index is 10.7. The van der Waals surface area contributed by atoms with Gasteiger partial charge >= 0.3 is 0 Å². The quantitative estimate of drug-likeness (QED) is 0.681. The van der Waals surface area contributed by atoms with E-state index < -0.39 is 11.7 Å². The van der Waals surface area contributed by atoms with Crippen LogP contribution in [0.5, 0.6) is 0 Å². The van der Waals surface area contributed by atoms with Gasteiger partial charge in [0.1, 0.15) is 0 Å². The molecule has 3 fully saturated rings. The van der Waals surface area contributed by atoms with Crippen LogP contribution in [-0.2, 0) is 0 Å². The zero-order valence-electron chi connectivity index (χ0n) is 11.5. The Kier molecular flexibility index (Phi) is 2.17. The monoisotopic (exact) mass is 238 g/mol. The molecule has 0 aromatic carbocycles. The molecule has 3 saturated carbocycles. The van der Waals surface area contributed by atoms with E-state index in [-0.39, 0.29) is 11.3 Å². The molecule has 6 atom stereocenters. The normalized spacial score (nSPS) is 60.4. The van der Waals surface area contributed by atoms with Crippen LogP contribution in [-0.4, -0.2) is 21.9 Å². The second-order valence-electron chi connectivity index (χ2n) is 7.79. The summed E-state index contributed by atoms with van der Waals surface area (Å²) >= 11 is 0. The van der Waals surface area contributed by atoms with Crippen LogP contribution in [0.15, 0.2) is 0 Å². The van der Waals surface area contributed by atoms with E-state index in [1.165, 1.54) is 12.8 Å². The summed E-state index contributed by atoms with van der Waals surface area (Å²) in [5.41, 5.74) is -0.402. The minimum Gasteiger partial charge on any atom is -0.390 e. The lowest BCUT2D eigenvalue weighted by Gasteiger charge is -2.47. The second-order valence-corrected chi connectivity index (χ2v) is 7.79. The van der Waals surface area contributed by atoms with Crippen LogP contribution < -0.4 is 0 Å². The van der Waals surface area contributed by atoms with Crippen LogP contribution in [0.2, 0.25) is 0 Å². The summed E-state index contributed by atoms with van der Waals surface area (Å²) in [6.45, 7) is 8.83. The number of hydrogen-bond donors (Lipinski definition) is 2. The minimum absolute atomic E-state index is 0.172. The SMILES string of the molecule is CC1CCC2C(C)(C)[C@@H]3C[C@@]12C[C@@H](O)[C@]3(C)O. The van der Waals surface area contributed by atoms with Gasteiger partial charge in [-0.2, -0.15) is 0 Å². The molecule has 98 valence electrons. The molecule has 2 N–H and O–H groups in total. The molecule has 2 bridgehead atoms. The zero-order chi connectivity index (χ0) is 12.6. The average molecular weight is 238 g/mol. The molecule has 0 aromatic rings. The summed E-state index contributed by atoms with van der Waals surface area (Å²) in [5.74, 6) is 1.66. The highest BCUT2D eigenvalue weighted by atomic mass is 16.3. The number of hydrogen-bond acceptors (Lipinski definition) is 2. The van der Waals surface area contributed by atoms with Gasteiger partial charge in [-0.05, 0) is 61.2 Å². The van der Waals surface area contributed by atoms with Gasteiger partial charge in [-0.3, -0.25) is 0 Å². The predicted octanol–water partition coefficient (Wildman–Crippen LogP) is 2.58. The summed E-state index contributed by atoms with van der Waals surface area (Å²) in [7, 11) is 0. The zero-order valence-corrected chi connectivity index (χ0v) is 11.5. The van der Waals surface area contributed by atoms with E-state index >= 15 is 0 Å². The molecule has 3 rings (SSSR count). The topological polar surface area (TPSA) is 40.5 Å². The van der Waals surface area contributed by atoms with Gasteiger partial charge in [0, 0.05) is 0 Å². The third kappa shape index (κ3) is 1.19. The maximum Gasteiger partial charge on any atom is 0.0911 e. The lowest BCUT2D eigenvalue weighted by Crippen LogP contribution is -2.53. The van der Waals surface area contributed by atoms with E-state index in [9.17, 15) is 10.2 Å². The third-order valence-electron chi connectivity index (χ3n) is 6.90. The first-order valence-corrected chi connectivity index (χ1v) is 7.13. The fourth-order valence-corrected chi connectivity index (χ4v) is 5.86. The standard InChI is InChI=1S/C15H26O2/c1-9-5-6-10-13(2,3)11-7-15(9,10)8-12(16)14(11,4)17/h9-12,16-17H,5-8H2,1-4H3/t9?,10?,11-,12+,14+,15+/m0/s1. The van der Waals surface area contributed by atoms with Crippen LogP contribution in [0.3, 0.4) is 0 Å². The van der Waals surface area contributed by atoms with Crippen LogP contribution in [0.1, 0.15) is 53.4 Å². The predicted molar refractivity (Wildman–Crippen MR) is 67.5 cm³/mol. The summed E-state index contributed by atoms with van der Waals surface area (Å²) in [6, 6.07) is 0. The van der Waals surface area contributed by atoms with E-state index in [1.807, 2.05) is 6.92 Å². The molecule has 0 saturated heterocycles. The highest BCUT2D eigenvalue weighted by molar-refractivity contribution is 5.19. The molecule has 17 heavy (non-hydrogen) atoms. The van der Waals surface area contributed by atoms with Crippen molar-refractivity contribution in [1.82, 2.24) is 0 Å². The Morgan fingerprint density at radius 2 is 1.65 bits per heavy atom. The van der Waals surface area contributed by atoms with E-state index in [0.29, 0.717) is 17.3 Å². The summed E-state index contributed by atoms with van der Waals surface area (Å²) < 4.78 is 0. The van der Waals surface area contributed by atoms with E-state index in [0.717, 1.165) is 12.8 Å².